The van der Waals surface area contributed by atoms with Crippen molar-refractivity contribution < 1.29 is 9.59 Å². The van der Waals surface area contributed by atoms with E-state index in [0.29, 0.717) is 29.1 Å². The summed E-state index contributed by atoms with van der Waals surface area (Å²) in [6.45, 7) is 0.382. The first-order chi connectivity index (χ1) is 11.6. The number of halogens is 1. The van der Waals surface area contributed by atoms with Crippen LogP contribution in [-0.4, -0.2) is 24.9 Å². The Morgan fingerprint density at radius 2 is 1.67 bits per heavy atom. The Morgan fingerprint density at radius 3 is 2.29 bits per heavy atom. The summed E-state index contributed by atoms with van der Waals surface area (Å²) >= 11 is 5.81. The number of rotatable bonds is 6. The van der Waals surface area contributed by atoms with Crippen LogP contribution in [0.4, 0.5) is 0 Å². The van der Waals surface area contributed by atoms with Gasteiger partial charge in [0.25, 0.3) is 5.91 Å². The van der Waals surface area contributed by atoms with E-state index < -0.39 is 0 Å². The van der Waals surface area contributed by atoms with Crippen molar-refractivity contribution in [3.63, 3.8) is 0 Å². The summed E-state index contributed by atoms with van der Waals surface area (Å²) in [7, 11) is 0. The summed E-state index contributed by atoms with van der Waals surface area (Å²) in [4.78, 5) is 23.6. The van der Waals surface area contributed by atoms with E-state index >= 15 is 0 Å². The van der Waals surface area contributed by atoms with Crippen molar-refractivity contribution in [1.82, 2.24) is 10.6 Å². The number of nitrogens with zero attached hydrogens (tertiary/aromatic N) is 1. The van der Waals surface area contributed by atoms with Gasteiger partial charge in [0.1, 0.15) is 0 Å². The molecule has 0 aromatic heterocycles. The zero-order chi connectivity index (χ0) is 17.4. The van der Waals surface area contributed by atoms with Crippen LogP contribution < -0.4 is 10.6 Å². The van der Waals surface area contributed by atoms with Crippen molar-refractivity contribution in [2.75, 3.05) is 13.1 Å². The fourth-order valence-electron chi connectivity index (χ4n) is 2.02. The maximum absolute atomic E-state index is 11.9. The third-order valence-corrected chi connectivity index (χ3v) is 3.59. The van der Waals surface area contributed by atoms with Crippen LogP contribution in [0.1, 0.15) is 21.5 Å². The first kappa shape index (κ1) is 17.5. The van der Waals surface area contributed by atoms with Gasteiger partial charge in [0.15, 0.2) is 0 Å². The topological polar surface area (TPSA) is 82.0 Å². The van der Waals surface area contributed by atoms with Gasteiger partial charge in [-0.1, -0.05) is 23.7 Å². The summed E-state index contributed by atoms with van der Waals surface area (Å²) in [5.41, 5.74) is 1.95. The molecule has 0 aliphatic carbocycles. The van der Waals surface area contributed by atoms with Gasteiger partial charge in [-0.2, -0.15) is 5.26 Å². The molecule has 0 atom stereocenters. The molecule has 2 rings (SSSR count). The predicted molar refractivity (Wildman–Crippen MR) is 91.7 cm³/mol. The van der Waals surface area contributed by atoms with Crippen LogP contribution >= 0.6 is 11.6 Å². The predicted octanol–water partition coefficient (Wildman–Crippen LogP) is 2.30. The number of hydrogen-bond acceptors (Lipinski definition) is 3. The highest BCUT2D eigenvalue weighted by Crippen LogP contribution is 2.09. The number of amides is 2. The minimum Gasteiger partial charge on any atom is -0.354 e. The zero-order valence-corrected chi connectivity index (χ0v) is 13.6. The first-order valence-electron chi connectivity index (χ1n) is 7.38. The normalized spacial score (nSPS) is 9.83. The molecule has 0 saturated heterocycles. The lowest BCUT2D eigenvalue weighted by atomic mass is 10.1. The molecule has 6 heteroatoms. The Hall–Kier alpha value is -2.84. The molecule has 0 fully saturated rings. The lowest BCUT2D eigenvalue weighted by Gasteiger charge is -2.07. The highest BCUT2D eigenvalue weighted by atomic mass is 35.5. The van der Waals surface area contributed by atoms with E-state index in [1.165, 1.54) is 0 Å². The molecule has 2 amide bonds. The molecule has 122 valence electrons. The van der Waals surface area contributed by atoms with Crippen LogP contribution in [0.5, 0.6) is 0 Å². The van der Waals surface area contributed by atoms with Crippen molar-refractivity contribution in [1.29, 1.82) is 5.26 Å². The molecule has 0 aliphatic heterocycles. The summed E-state index contributed by atoms with van der Waals surface area (Å²) in [6.07, 6.45) is 0.687. The monoisotopic (exact) mass is 341 g/mol. The van der Waals surface area contributed by atoms with Crippen LogP contribution in [0.3, 0.4) is 0 Å². The molecular formula is C18H16ClN3O2. The standard InChI is InChI=1S/C18H16ClN3O2/c19-16-7-3-13(4-8-16)9-10-21-17(23)12-22-18(24)15-5-1-14(11-20)2-6-15/h1-8H,9-10,12H2,(H,21,23)(H,22,24). The molecular weight excluding hydrogens is 326 g/mol. The summed E-state index contributed by atoms with van der Waals surface area (Å²) in [5, 5.41) is 14.7. The summed E-state index contributed by atoms with van der Waals surface area (Å²) < 4.78 is 0. The second kappa shape index (κ2) is 8.70. The minimum absolute atomic E-state index is 0.0978. The second-order valence-electron chi connectivity index (χ2n) is 5.10. The molecule has 2 aromatic rings. The Labute approximate surface area is 145 Å². The number of nitrogens with one attached hydrogen (secondary N) is 2. The number of hydrogen-bond donors (Lipinski definition) is 2. The van der Waals surface area contributed by atoms with Gasteiger partial charge in [-0.05, 0) is 48.4 Å². The Balaban J connectivity index is 1.71. The molecule has 0 unspecified atom stereocenters. The molecule has 0 spiro atoms. The van der Waals surface area contributed by atoms with Crippen LogP contribution in [0.2, 0.25) is 5.02 Å². The van der Waals surface area contributed by atoms with E-state index in [2.05, 4.69) is 10.6 Å². The average molecular weight is 342 g/mol. The second-order valence-corrected chi connectivity index (χ2v) is 5.53. The van der Waals surface area contributed by atoms with E-state index in [1.54, 1.807) is 36.4 Å². The molecule has 0 radical (unpaired) electrons. The van der Waals surface area contributed by atoms with Crippen molar-refractivity contribution >= 4 is 23.4 Å². The highest BCUT2D eigenvalue weighted by Gasteiger charge is 2.07. The molecule has 0 saturated carbocycles. The van der Waals surface area contributed by atoms with Crippen molar-refractivity contribution in [2.24, 2.45) is 0 Å². The van der Waals surface area contributed by atoms with Crippen LogP contribution in [0.25, 0.3) is 0 Å². The molecule has 0 aliphatic rings. The van der Waals surface area contributed by atoms with Crippen LogP contribution in [-0.2, 0) is 11.2 Å². The van der Waals surface area contributed by atoms with Gasteiger partial charge in [-0.15, -0.1) is 0 Å². The molecule has 0 bridgehead atoms. The van der Waals surface area contributed by atoms with Gasteiger partial charge >= 0.3 is 0 Å². The van der Waals surface area contributed by atoms with E-state index in [-0.39, 0.29) is 18.4 Å². The van der Waals surface area contributed by atoms with Crippen molar-refractivity contribution in [3.8, 4) is 6.07 Å². The third kappa shape index (κ3) is 5.41. The first-order valence-corrected chi connectivity index (χ1v) is 7.76. The van der Waals surface area contributed by atoms with Gasteiger partial charge in [0, 0.05) is 17.1 Å². The van der Waals surface area contributed by atoms with Gasteiger partial charge in [0.2, 0.25) is 5.91 Å². The molecule has 2 aromatic carbocycles. The summed E-state index contributed by atoms with van der Waals surface area (Å²) in [6, 6.07) is 15.6. The number of benzene rings is 2. The maximum Gasteiger partial charge on any atom is 0.251 e. The van der Waals surface area contributed by atoms with E-state index in [4.69, 9.17) is 16.9 Å². The van der Waals surface area contributed by atoms with Gasteiger partial charge in [-0.3, -0.25) is 9.59 Å². The quantitative estimate of drug-likeness (QED) is 0.845. The van der Waals surface area contributed by atoms with E-state index in [1.807, 2.05) is 18.2 Å². The van der Waals surface area contributed by atoms with Gasteiger partial charge in [-0.25, -0.2) is 0 Å². The molecule has 24 heavy (non-hydrogen) atoms. The van der Waals surface area contributed by atoms with E-state index in [9.17, 15) is 9.59 Å². The Kier molecular flexibility index (Phi) is 6.35. The Bertz CT molecular complexity index is 749. The number of carbonyl (C=O) groups excluding carboxylic acids is 2. The number of carbonyl (C=O) groups is 2. The minimum atomic E-state index is -0.354. The third-order valence-electron chi connectivity index (χ3n) is 3.33. The highest BCUT2D eigenvalue weighted by molar-refractivity contribution is 6.30. The maximum atomic E-state index is 11.9. The zero-order valence-electron chi connectivity index (χ0n) is 12.9. The van der Waals surface area contributed by atoms with Crippen LogP contribution in [0, 0.1) is 11.3 Å². The lowest BCUT2D eigenvalue weighted by Crippen LogP contribution is -2.37. The smallest absolute Gasteiger partial charge is 0.251 e. The fourth-order valence-corrected chi connectivity index (χ4v) is 2.14. The van der Waals surface area contributed by atoms with Crippen LogP contribution in [0.15, 0.2) is 48.5 Å². The molecule has 5 nitrogen and oxygen atoms in total. The SMILES string of the molecule is N#Cc1ccc(C(=O)NCC(=O)NCCc2ccc(Cl)cc2)cc1. The van der Waals surface area contributed by atoms with Crippen molar-refractivity contribution in [3.05, 3.63) is 70.2 Å². The molecule has 2 N–H and O–H groups in total. The van der Waals surface area contributed by atoms with Gasteiger partial charge in [0.05, 0.1) is 18.2 Å². The lowest BCUT2D eigenvalue weighted by molar-refractivity contribution is -0.120. The average Bonchev–Trinajstić information content (AvgIpc) is 2.61. The number of nitriles is 1. The van der Waals surface area contributed by atoms with Crippen molar-refractivity contribution in [2.45, 2.75) is 6.42 Å². The van der Waals surface area contributed by atoms with Gasteiger partial charge < -0.3 is 10.6 Å². The van der Waals surface area contributed by atoms with E-state index in [0.717, 1.165) is 5.56 Å². The summed E-state index contributed by atoms with van der Waals surface area (Å²) in [5.74, 6) is -0.613. The molecule has 0 heterocycles. The largest absolute Gasteiger partial charge is 0.354 e. The fraction of sp³-hybridized carbons (Fsp3) is 0.167. The Morgan fingerprint density at radius 1 is 1.00 bits per heavy atom.